The van der Waals surface area contributed by atoms with Gasteiger partial charge in [-0.3, -0.25) is 0 Å². The molecule has 0 saturated carbocycles. The van der Waals surface area contributed by atoms with Gasteiger partial charge in [0.15, 0.2) is 0 Å². The number of furan rings is 1. The van der Waals surface area contributed by atoms with Gasteiger partial charge in [-0.15, -0.1) is 11.3 Å². The molecule has 3 nitrogen and oxygen atoms in total. The summed E-state index contributed by atoms with van der Waals surface area (Å²) in [6.45, 7) is 2.27. The first-order valence-corrected chi connectivity index (χ1v) is 7.22. The van der Waals surface area contributed by atoms with Crippen molar-refractivity contribution in [3.05, 3.63) is 39.7 Å². The molecule has 1 aliphatic rings. The molecule has 0 aromatic carbocycles. The van der Waals surface area contributed by atoms with E-state index < -0.39 is 0 Å². The molecular weight excluding hydrogens is 256 g/mol. The van der Waals surface area contributed by atoms with Crippen LogP contribution in [0, 0.1) is 17.2 Å². The molecule has 0 saturated heterocycles. The van der Waals surface area contributed by atoms with Crippen LogP contribution < -0.4 is 0 Å². The lowest BCUT2D eigenvalue weighted by Crippen LogP contribution is -2.09. The van der Waals surface area contributed by atoms with Crippen molar-refractivity contribution in [3.8, 4) is 6.07 Å². The van der Waals surface area contributed by atoms with E-state index in [0.717, 1.165) is 23.8 Å². The van der Waals surface area contributed by atoms with Gasteiger partial charge in [0, 0.05) is 11.0 Å². The molecule has 1 atom stereocenters. The van der Waals surface area contributed by atoms with Gasteiger partial charge in [-0.05, 0) is 37.3 Å². The minimum Gasteiger partial charge on any atom is -0.465 e. The number of nitrogens with zero attached hydrogens (tertiary/aromatic N) is 2. The molecule has 2 aromatic heterocycles. The van der Waals surface area contributed by atoms with Crippen molar-refractivity contribution in [1.29, 1.82) is 5.26 Å². The van der Waals surface area contributed by atoms with Crippen LogP contribution in [0.3, 0.4) is 0 Å². The van der Waals surface area contributed by atoms with Crippen molar-refractivity contribution < 1.29 is 4.42 Å². The van der Waals surface area contributed by atoms with Gasteiger partial charge >= 0.3 is 0 Å². The summed E-state index contributed by atoms with van der Waals surface area (Å²) in [6, 6.07) is 5.88. The lowest BCUT2D eigenvalue weighted by molar-refractivity contribution is 0.502. The largest absolute Gasteiger partial charge is 0.465 e. The van der Waals surface area contributed by atoms with E-state index in [-0.39, 0.29) is 0 Å². The van der Waals surface area contributed by atoms with Crippen molar-refractivity contribution in [3.63, 3.8) is 0 Å². The van der Waals surface area contributed by atoms with Crippen molar-refractivity contribution in [2.75, 3.05) is 0 Å². The van der Waals surface area contributed by atoms with Gasteiger partial charge < -0.3 is 4.42 Å². The summed E-state index contributed by atoms with van der Waals surface area (Å²) in [4.78, 5) is 5.96. The molecule has 3 rings (SSSR count). The number of hydrogen-bond donors (Lipinski definition) is 0. The maximum Gasteiger partial charge on any atom is 0.134 e. The third-order valence-corrected chi connectivity index (χ3v) is 4.52. The van der Waals surface area contributed by atoms with Gasteiger partial charge in [-0.2, -0.15) is 5.26 Å². The van der Waals surface area contributed by atoms with Crippen LogP contribution >= 0.6 is 11.3 Å². The molecule has 0 radical (unpaired) electrons. The fourth-order valence-electron chi connectivity index (χ4n) is 2.31. The Hall–Kier alpha value is -1.86. The Morgan fingerprint density at radius 3 is 3.26 bits per heavy atom. The highest BCUT2D eigenvalue weighted by Crippen LogP contribution is 2.32. The first-order chi connectivity index (χ1) is 9.26. The van der Waals surface area contributed by atoms with Gasteiger partial charge in [0.1, 0.15) is 16.8 Å². The minimum atomic E-state index is 0.585. The van der Waals surface area contributed by atoms with Gasteiger partial charge in [0.05, 0.1) is 17.5 Å². The summed E-state index contributed by atoms with van der Waals surface area (Å²) < 4.78 is 5.26. The number of fused-ring (bicyclic) bond motifs is 1. The SMILES string of the molecule is CC1CCc2nc(/C(C#N)=C\c3ccco3)sc2C1. The number of thiazole rings is 1. The number of aryl methyl sites for hydroxylation is 1. The second kappa shape index (κ2) is 5.02. The fourth-order valence-corrected chi connectivity index (χ4v) is 3.55. The summed E-state index contributed by atoms with van der Waals surface area (Å²) in [5, 5.41) is 10.1. The Balaban J connectivity index is 1.95. The Morgan fingerprint density at radius 1 is 1.63 bits per heavy atom. The van der Waals surface area contributed by atoms with Gasteiger partial charge in [0.25, 0.3) is 0 Å². The first-order valence-electron chi connectivity index (χ1n) is 6.40. The van der Waals surface area contributed by atoms with Crippen LogP contribution in [-0.4, -0.2) is 4.98 Å². The molecule has 2 aromatic rings. The zero-order valence-corrected chi connectivity index (χ0v) is 11.5. The van der Waals surface area contributed by atoms with Crippen LogP contribution in [0.4, 0.5) is 0 Å². The molecule has 4 heteroatoms. The van der Waals surface area contributed by atoms with E-state index in [1.807, 2.05) is 12.1 Å². The number of allylic oxidation sites excluding steroid dienone is 1. The van der Waals surface area contributed by atoms with Crippen molar-refractivity contribution >= 4 is 23.0 Å². The van der Waals surface area contributed by atoms with Crippen LogP contribution in [-0.2, 0) is 12.8 Å². The second-order valence-electron chi connectivity index (χ2n) is 4.92. The molecule has 0 bridgehead atoms. The third-order valence-electron chi connectivity index (χ3n) is 3.37. The molecule has 1 aliphatic carbocycles. The van der Waals surface area contributed by atoms with E-state index in [0.29, 0.717) is 11.3 Å². The molecule has 0 N–H and O–H groups in total. The van der Waals surface area contributed by atoms with E-state index in [1.54, 1.807) is 23.7 Å². The second-order valence-corrected chi connectivity index (χ2v) is 6.01. The molecule has 0 fully saturated rings. The summed E-state index contributed by atoms with van der Waals surface area (Å²) in [7, 11) is 0. The summed E-state index contributed by atoms with van der Waals surface area (Å²) in [5.41, 5.74) is 1.76. The van der Waals surface area contributed by atoms with Gasteiger partial charge in [0.2, 0.25) is 0 Å². The maximum atomic E-state index is 9.30. The predicted octanol–water partition coefficient (Wildman–Crippen LogP) is 3.93. The van der Waals surface area contributed by atoms with Crippen LogP contribution in [0.5, 0.6) is 0 Å². The Labute approximate surface area is 116 Å². The van der Waals surface area contributed by atoms with Crippen LogP contribution in [0.25, 0.3) is 11.6 Å². The third kappa shape index (κ3) is 2.47. The average Bonchev–Trinajstić information content (AvgIpc) is 3.03. The standard InChI is InChI=1S/C15H14N2OS/c1-10-4-5-13-14(7-10)19-15(17-13)11(9-16)8-12-3-2-6-18-12/h2-3,6,8,10H,4-5,7H2,1H3/b11-8-. The topological polar surface area (TPSA) is 49.8 Å². The Bertz CT molecular complexity index is 646. The maximum absolute atomic E-state index is 9.30. The lowest BCUT2D eigenvalue weighted by Gasteiger charge is -2.15. The highest BCUT2D eigenvalue weighted by atomic mass is 32.1. The monoisotopic (exact) mass is 270 g/mol. The van der Waals surface area contributed by atoms with E-state index >= 15 is 0 Å². The first kappa shape index (κ1) is 12.2. The van der Waals surface area contributed by atoms with Gasteiger partial charge in [-0.1, -0.05) is 6.92 Å². The predicted molar refractivity (Wildman–Crippen MR) is 75.5 cm³/mol. The average molecular weight is 270 g/mol. The zero-order chi connectivity index (χ0) is 13.2. The van der Waals surface area contributed by atoms with Crippen molar-refractivity contribution in [2.45, 2.75) is 26.2 Å². The summed E-state index contributed by atoms with van der Waals surface area (Å²) in [6.07, 6.45) is 6.68. The highest BCUT2D eigenvalue weighted by Gasteiger charge is 2.21. The summed E-state index contributed by atoms with van der Waals surface area (Å²) >= 11 is 1.65. The highest BCUT2D eigenvalue weighted by molar-refractivity contribution is 7.13. The minimum absolute atomic E-state index is 0.585. The molecule has 96 valence electrons. The molecule has 0 spiro atoms. The zero-order valence-electron chi connectivity index (χ0n) is 10.7. The van der Waals surface area contributed by atoms with Crippen molar-refractivity contribution in [2.24, 2.45) is 5.92 Å². The van der Waals surface area contributed by atoms with E-state index in [2.05, 4.69) is 18.0 Å². The van der Waals surface area contributed by atoms with Crippen LogP contribution in [0.2, 0.25) is 0 Å². The van der Waals surface area contributed by atoms with Gasteiger partial charge in [-0.25, -0.2) is 4.98 Å². The fraction of sp³-hybridized carbons (Fsp3) is 0.333. The number of aromatic nitrogens is 1. The van der Waals surface area contributed by atoms with Crippen LogP contribution in [0.15, 0.2) is 22.8 Å². The lowest BCUT2D eigenvalue weighted by atomic mass is 9.93. The Morgan fingerprint density at radius 2 is 2.53 bits per heavy atom. The molecular formula is C15H14N2OS. The number of hydrogen-bond acceptors (Lipinski definition) is 4. The molecule has 0 aliphatic heterocycles. The van der Waals surface area contributed by atoms with E-state index in [9.17, 15) is 5.26 Å². The summed E-state index contributed by atoms with van der Waals surface area (Å²) in [5.74, 6) is 1.42. The van der Waals surface area contributed by atoms with Crippen LogP contribution in [0.1, 0.15) is 34.7 Å². The van der Waals surface area contributed by atoms with E-state index in [1.165, 1.54) is 17.0 Å². The normalized spacial score (nSPS) is 18.9. The molecule has 0 amide bonds. The molecule has 19 heavy (non-hydrogen) atoms. The molecule has 1 unspecified atom stereocenters. The van der Waals surface area contributed by atoms with Crippen molar-refractivity contribution in [1.82, 2.24) is 4.98 Å². The smallest absolute Gasteiger partial charge is 0.134 e. The Kier molecular flexibility index (Phi) is 3.22. The molecule has 2 heterocycles. The van der Waals surface area contributed by atoms with E-state index in [4.69, 9.17) is 4.42 Å². The number of rotatable bonds is 2. The number of nitriles is 1. The quantitative estimate of drug-likeness (QED) is 0.777.